The summed E-state index contributed by atoms with van der Waals surface area (Å²) in [6.45, 7) is 0. The fourth-order valence-corrected chi connectivity index (χ4v) is 7.96. The summed E-state index contributed by atoms with van der Waals surface area (Å²) in [7, 11) is 0. The van der Waals surface area contributed by atoms with Gasteiger partial charge in [0.2, 0.25) is 5.95 Å². The molecule has 0 amide bonds. The van der Waals surface area contributed by atoms with Gasteiger partial charge in [-0.15, -0.1) is 0 Å². The molecule has 6 nitrogen and oxygen atoms in total. The molecule has 0 radical (unpaired) electrons. The van der Waals surface area contributed by atoms with Crippen molar-refractivity contribution in [3.63, 3.8) is 0 Å². The van der Waals surface area contributed by atoms with E-state index in [1.54, 1.807) is 0 Å². The molecule has 0 unspecified atom stereocenters. The van der Waals surface area contributed by atoms with Crippen LogP contribution in [0.2, 0.25) is 0 Å². The van der Waals surface area contributed by atoms with Crippen molar-refractivity contribution in [3.05, 3.63) is 182 Å². The van der Waals surface area contributed by atoms with Crippen molar-refractivity contribution in [1.82, 2.24) is 28.7 Å². The van der Waals surface area contributed by atoms with Crippen molar-refractivity contribution in [2.24, 2.45) is 0 Å². The molecule has 0 bridgehead atoms. The second-order valence-corrected chi connectivity index (χ2v) is 13.3. The van der Waals surface area contributed by atoms with Gasteiger partial charge in [-0.05, 0) is 66.7 Å². The van der Waals surface area contributed by atoms with Crippen LogP contribution in [0.15, 0.2) is 182 Å². The maximum absolute atomic E-state index is 5.37. The number of aromatic nitrogens is 6. The third kappa shape index (κ3) is 4.56. The van der Waals surface area contributed by atoms with Gasteiger partial charge in [0, 0.05) is 38.5 Å². The van der Waals surface area contributed by atoms with E-state index in [2.05, 4.69) is 165 Å². The molecule has 4 heterocycles. The SMILES string of the molecule is c1ccc(-c2cc(-c3nc4ccccc4n3-c3ccccc3)nc(-n3c4ccccc4c4cc(-n5c6ccccc6c6ccccc65)ccc43)n2)cc1. The minimum atomic E-state index is 0.587. The molecule has 0 aliphatic rings. The number of hydrogen-bond donors (Lipinski definition) is 0. The predicted molar refractivity (Wildman–Crippen MR) is 216 cm³/mol. The van der Waals surface area contributed by atoms with Gasteiger partial charge in [-0.1, -0.05) is 115 Å². The Kier molecular flexibility index (Phi) is 6.45. The Labute approximate surface area is 304 Å². The van der Waals surface area contributed by atoms with Crippen molar-refractivity contribution in [2.45, 2.75) is 0 Å². The van der Waals surface area contributed by atoms with Crippen LogP contribution in [-0.2, 0) is 0 Å². The molecule has 11 aromatic rings. The van der Waals surface area contributed by atoms with Crippen LogP contribution in [-0.4, -0.2) is 28.7 Å². The van der Waals surface area contributed by atoms with Crippen molar-refractivity contribution < 1.29 is 0 Å². The molecule has 6 heteroatoms. The molecule has 0 N–H and O–H groups in total. The zero-order valence-electron chi connectivity index (χ0n) is 28.5. The number of imidazole rings is 1. The van der Waals surface area contributed by atoms with E-state index in [1.165, 1.54) is 21.8 Å². The molecule has 4 aromatic heterocycles. The van der Waals surface area contributed by atoms with Crippen molar-refractivity contribution in [1.29, 1.82) is 0 Å². The van der Waals surface area contributed by atoms with Gasteiger partial charge in [0.05, 0.1) is 38.8 Å². The van der Waals surface area contributed by atoms with E-state index in [1.807, 2.05) is 30.3 Å². The highest BCUT2D eigenvalue weighted by Crippen LogP contribution is 2.38. The van der Waals surface area contributed by atoms with Gasteiger partial charge in [0.15, 0.2) is 5.82 Å². The first-order valence-electron chi connectivity index (χ1n) is 17.8. The maximum Gasteiger partial charge on any atom is 0.235 e. The van der Waals surface area contributed by atoms with E-state index in [0.717, 1.165) is 67.0 Å². The minimum Gasteiger partial charge on any atom is -0.309 e. The monoisotopic (exact) mass is 678 g/mol. The fourth-order valence-electron chi connectivity index (χ4n) is 7.96. The zero-order valence-corrected chi connectivity index (χ0v) is 28.5. The summed E-state index contributed by atoms with van der Waals surface area (Å²) in [6.07, 6.45) is 0. The number of hydrogen-bond acceptors (Lipinski definition) is 3. The van der Waals surface area contributed by atoms with Gasteiger partial charge < -0.3 is 4.57 Å². The topological polar surface area (TPSA) is 53.5 Å². The van der Waals surface area contributed by atoms with E-state index in [4.69, 9.17) is 15.0 Å². The first-order valence-corrected chi connectivity index (χ1v) is 17.8. The van der Waals surface area contributed by atoms with Crippen LogP contribution in [0.1, 0.15) is 0 Å². The smallest absolute Gasteiger partial charge is 0.235 e. The predicted octanol–water partition coefficient (Wildman–Crippen LogP) is 11.3. The number of rotatable bonds is 5. The lowest BCUT2D eigenvalue weighted by molar-refractivity contribution is 0.979. The Balaban J connectivity index is 1.19. The van der Waals surface area contributed by atoms with Gasteiger partial charge in [-0.3, -0.25) is 9.13 Å². The zero-order chi connectivity index (χ0) is 34.9. The quantitative estimate of drug-likeness (QED) is 0.182. The Bertz CT molecular complexity index is 3120. The molecule has 0 fully saturated rings. The van der Waals surface area contributed by atoms with Crippen LogP contribution in [0.5, 0.6) is 0 Å². The van der Waals surface area contributed by atoms with Crippen molar-refractivity contribution >= 4 is 54.6 Å². The van der Waals surface area contributed by atoms with E-state index in [0.29, 0.717) is 5.95 Å². The number of nitrogens with zero attached hydrogens (tertiary/aromatic N) is 6. The first-order chi connectivity index (χ1) is 26.3. The molecule has 53 heavy (non-hydrogen) atoms. The van der Waals surface area contributed by atoms with Crippen LogP contribution < -0.4 is 0 Å². The van der Waals surface area contributed by atoms with Gasteiger partial charge in [-0.25, -0.2) is 15.0 Å². The van der Waals surface area contributed by atoms with Crippen LogP contribution in [0, 0.1) is 0 Å². The summed E-state index contributed by atoms with van der Waals surface area (Å²) >= 11 is 0. The van der Waals surface area contributed by atoms with Crippen LogP contribution in [0.3, 0.4) is 0 Å². The van der Waals surface area contributed by atoms with Gasteiger partial charge in [-0.2, -0.15) is 0 Å². The second kappa shape index (κ2) is 11.6. The molecule has 0 aliphatic heterocycles. The fraction of sp³-hybridized carbons (Fsp3) is 0. The molecule has 11 rings (SSSR count). The molecule has 0 saturated heterocycles. The van der Waals surface area contributed by atoms with Crippen LogP contribution in [0.25, 0.3) is 94.7 Å². The Hall–Kier alpha value is -7.31. The van der Waals surface area contributed by atoms with Gasteiger partial charge >= 0.3 is 0 Å². The third-order valence-electron chi connectivity index (χ3n) is 10.3. The van der Waals surface area contributed by atoms with Crippen molar-refractivity contribution in [2.75, 3.05) is 0 Å². The van der Waals surface area contributed by atoms with E-state index >= 15 is 0 Å². The van der Waals surface area contributed by atoms with Gasteiger partial charge in [0.1, 0.15) is 5.69 Å². The summed E-state index contributed by atoms with van der Waals surface area (Å²) in [5, 5.41) is 4.75. The van der Waals surface area contributed by atoms with E-state index < -0.39 is 0 Å². The van der Waals surface area contributed by atoms with Crippen LogP contribution >= 0.6 is 0 Å². The number of para-hydroxylation sites is 6. The lowest BCUT2D eigenvalue weighted by Crippen LogP contribution is -2.06. The second-order valence-electron chi connectivity index (χ2n) is 13.3. The minimum absolute atomic E-state index is 0.587. The number of benzene rings is 7. The molecule has 7 aromatic carbocycles. The Morgan fingerprint density at radius 3 is 1.55 bits per heavy atom. The third-order valence-corrected chi connectivity index (χ3v) is 10.3. The highest BCUT2D eigenvalue weighted by molar-refractivity contribution is 6.12. The van der Waals surface area contributed by atoms with Gasteiger partial charge in [0.25, 0.3) is 0 Å². The summed E-state index contributed by atoms with van der Waals surface area (Å²) in [4.78, 5) is 15.9. The molecule has 0 atom stereocenters. The lowest BCUT2D eigenvalue weighted by atomic mass is 10.1. The molecule has 0 saturated carbocycles. The van der Waals surface area contributed by atoms with Crippen molar-refractivity contribution in [3.8, 4) is 40.1 Å². The summed E-state index contributed by atoms with van der Waals surface area (Å²) in [5.74, 6) is 1.34. The summed E-state index contributed by atoms with van der Waals surface area (Å²) < 4.78 is 6.76. The number of fused-ring (bicyclic) bond motifs is 7. The highest BCUT2D eigenvalue weighted by atomic mass is 15.2. The molecule has 248 valence electrons. The highest BCUT2D eigenvalue weighted by Gasteiger charge is 2.21. The molecule has 0 aliphatic carbocycles. The average molecular weight is 679 g/mol. The maximum atomic E-state index is 5.37. The molecular formula is C47H30N6. The Morgan fingerprint density at radius 1 is 0.321 bits per heavy atom. The largest absolute Gasteiger partial charge is 0.309 e. The normalized spacial score (nSPS) is 11.8. The molecular weight excluding hydrogens is 649 g/mol. The summed E-state index contributed by atoms with van der Waals surface area (Å²) in [6, 6.07) is 63.6. The molecule has 0 spiro atoms. The summed E-state index contributed by atoms with van der Waals surface area (Å²) in [5.41, 5.74) is 11.1. The standard InChI is InChI=1S/C47H30N6/c1-3-15-31(16-4-1)39-30-40(46-48-38-22-10-14-26-45(38)52(46)32-17-5-2-6-18-32)50-47(49-39)53-43-25-13-9-21-36(43)37-29-33(27-28-44(37)53)51-41-23-11-7-19-34(41)35-20-8-12-24-42(35)51/h1-30H. The van der Waals surface area contributed by atoms with Crippen LogP contribution in [0.4, 0.5) is 0 Å². The van der Waals surface area contributed by atoms with E-state index in [-0.39, 0.29) is 0 Å². The average Bonchev–Trinajstić information content (AvgIpc) is 3.89. The Morgan fingerprint density at radius 2 is 0.849 bits per heavy atom. The lowest BCUT2D eigenvalue weighted by Gasteiger charge is -2.13. The first kappa shape index (κ1) is 29.4. The van der Waals surface area contributed by atoms with E-state index in [9.17, 15) is 0 Å².